The summed E-state index contributed by atoms with van der Waals surface area (Å²) in [6.07, 6.45) is 6.89. The summed E-state index contributed by atoms with van der Waals surface area (Å²) in [5.74, 6) is -0.248. The minimum atomic E-state index is -0.267. The molecule has 1 amide bonds. The first-order valence-corrected chi connectivity index (χ1v) is 5.04. The highest BCUT2D eigenvalue weighted by molar-refractivity contribution is 14.1. The molecule has 0 fully saturated rings. The molecule has 0 radical (unpaired) electrons. The summed E-state index contributed by atoms with van der Waals surface area (Å²) in [6, 6.07) is 0. The van der Waals surface area contributed by atoms with Crippen LogP contribution in [0.5, 0.6) is 0 Å². The van der Waals surface area contributed by atoms with Crippen LogP contribution in [-0.2, 0) is 4.79 Å². The van der Waals surface area contributed by atoms with Crippen LogP contribution in [0.3, 0.4) is 0 Å². The van der Waals surface area contributed by atoms with E-state index in [1.807, 2.05) is 22.6 Å². The van der Waals surface area contributed by atoms with Gasteiger partial charge in [0.25, 0.3) is 5.91 Å². The zero-order valence-corrected chi connectivity index (χ0v) is 9.85. The van der Waals surface area contributed by atoms with Crippen LogP contribution in [0.1, 0.15) is 6.92 Å². The molecule has 1 heterocycles. The third kappa shape index (κ3) is 2.25. The molecule has 0 atom stereocenters. The lowest BCUT2D eigenvalue weighted by molar-refractivity contribution is -0.122. The molecule has 1 aliphatic heterocycles. The van der Waals surface area contributed by atoms with Crippen molar-refractivity contribution >= 4 is 28.5 Å². The Morgan fingerprint density at radius 2 is 2.21 bits per heavy atom. The Labute approximate surface area is 96.2 Å². The SMILES string of the molecule is C=C1C=CC=CN1C(=O)/C(I)=C(\C)O. The number of nitrogens with zero attached hydrogens (tertiary/aromatic N) is 1. The van der Waals surface area contributed by atoms with Crippen molar-refractivity contribution in [3.8, 4) is 0 Å². The number of rotatable bonds is 1. The van der Waals surface area contributed by atoms with E-state index in [1.165, 1.54) is 11.8 Å². The molecular weight excluding hydrogens is 293 g/mol. The molecular formula is C10H10INO2. The van der Waals surface area contributed by atoms with Crippen molar-refractivity contribution in [3.05, 3.63) is 46.0 Å². The molecule has 0 saturated carbocycles. The van der Waals surface area contributed by atoms with Crippen LogP contribution in [0.4, 0.5) is 0 Å². The van der Waals surface area contributed by atoms with Crippen LogP contribution in [0.2, 0.25) is 0 Å². The van der Waals surface area contributed by atoms with Gasteiger partial charge in [0, 0.05) is 11.9 Å². The molecule has 0 aromatic heterocycles. The molecule has 0 aliphatic carbocycles. The second-order valence-corrected chi connectivity index (χ2v) is 3.85. The number of hydrogen-bond donors (Lipinski definition) is 1. The summed E-state index contributed by atoms with van der Waals surface area (Å²) < 4.78 is 0.295. The maximum atomic E-state index is 11.7. The van der Waals surface area contributed by atoms with Gasteiger partial charge in [-0.3, -0.25) is 9.69 Å². The van der Waals surface area contributed by atoms with E-state index in [0.717, 1.165) is 0 Å². The smallest absolute Gasteiger partial charge is 0.271 e. The van der Waals surface area contributed by atoms with E-state index in [1.54, 1.807) is 24.4 Å². The van der Waals surface area contributed by atoms with Gasteiger partial charge in [0.15, 0.2) is 0 Å². The maximum absolute atomic E-state index is 11.7. The average molecular weight is 303 g/mol. The van der Waals surface area contributed by atoms with Crippen LogP contribution in [-0.4, -0.2) is 15.9 Å². The molecule has 4 heteroatoms. The van der Waals surface area contributed by atoms with E-state index < -0.39 is 0 Å². The van der Waals surface area contributed by atoms with Crippen molar-refractivity contribution in [1.29, 1.82) is 0 Å². The summed E-state index contributed by atoms with van der Waals surface area (Å²) in [4.78, 5) is 13.1. The number of amides is 1. The monoisotopic (exact) mass is 303 g/mol. The van der Waals surface area contributed by atoms with Gasteiger partial charge >= 0.3 is 0 Å². The fourth-order valence-electron chi connectivity index (χ4n) is 0.937. The maximum Gasteiger partial charge on any atom is 0.271 e. The van der Waals surface area contributed by atoms with Gasteiger partial charge in [0.2, 0.25) is 0 Å². The summed E-state index contributed by atoms with van der Waals surface area (Å²) in [5.41, 5.74) is 0.591. The average Bonchev–Trinajstić information content (AvgIpc) is 2.16. The third-order valence-electron chi connectivity index (χ3n) is 1.67. The normalized spacial score (nSPS) is 17.0. The lowest BCUT2D eigenvalue weighted by Crippen LogP contribution is -2.25. The van der Waals surface area contributed by atoms with E-state index in [0.29, 0.717) is 9.28 Å². The molecule has 0 unspecified atom stereocenters. The first kappa shape index (κ1) is 11.0. The number of aliphatic hydroxyl groups excluding tert-OH is 1. The van der Waals surface area contributed by atoms with Gasteiger partial charge in [-0.2, -0.15) is 0 Å². The Hall–Kier alpha value is -1.04. The summed E-state index contributed by atoms with van der Waals surface area (Å²) in [5, 5.41) is 9.16. The van der Waals surface area contributed by atoms with Crippen molar-refractivity contribution in [2.24, 2.45) is 0 Å². The van der Waals surface area contributed by atoms with E-state index in [-0.39, 0.29) is 11.7 Å². The van der Waals surface area contributed by atoms with Crippen LogP contribution in [0.15, 0.2) is 46.0 Å². The molecule has 0 aromatic carbocycles. The Balaban J connectivity index is 2.92. The molecule has 1 N–H and O–H groups in total. The zero-order valence-electron chi connectivity index (χ0n) is 7.70. The standard InChI is InChI=1S/C10H10INO2/c1-7-5-3-4-6-12(7)10(14)9(11)8(2)13/h3-6,13H,1H2,2H3/b9-8-. The lowest BCUT2D eigenvalue weighted by Gasteiger charge is -2.20. The van der Waals surface area contributed by atoms with Crippen molar-refractivity contribution in [3.63, 3.8) is 0 Å². The van der Waals surface area contributed by atoms with Gasteiger partial charge in [-0.05, 0) is 41.7 Å². The van der Waals surface area contributed by atoms with E-state index >= 15 is 0 Å². The quantitative estimate of drug-likeness (QED) is 0.459. The van der Waals surface area contributed by atoms with Crippen LogP contribution in [0.25, 0.3) is 0 Å². The largest absolute Gasteiger partial charge is 0.511 e. The van der Waals surface area contributed by atoms with E-state index in [2.05, 4.69) is 6.58 Å². The van der Waals surface area contributed by atoms with Crippen molar-refractivity contribution in [1.82, 2.24) is 4.90 Å². The first-order valence-electron chi connectivity index (χ1n) is 3.96. The van der Waals surface area contributed by atoms with Gasteiger partial charge < -0.3 is 5.11 Å². The molecule has 1 aliphatic rings. The highest BCUT2D eigenvalue weighted by atomic mass is 127. The minimum absolute atomic E-state index is 0.0198. The fraction of sp³-hybridized carbons (Fsp3) is 0.100. The highest BCUT2D eigenvalue weighted by Crippen LogP contribution is 2.19. The Morgan fingerprint density at radius 1 is 1.57 bits per heavy atom. The van der Waals surface area contributed by atoms with Crippen molar-refractivity contribution in [2.75, 3.05) is 0 Å². The summed E-state index contributed by atoms with van der Waals surface area (Å²) >= 11 is 1.81. The number of aliphatic hydroxyl groups is 1. The third-order valence-corrected chi connectivity index (χ3v) is 2.91. The highest BCUT2D eigenvalue weighted by Gasteiger charge is 2.18. The predicted octanol–water partition coefficient (Wildman–Crippen LogP) is 2.64. The molecule has 0 spiro atoms. The topological polar surface area (TPSA) is 40.5 Å². The van der Waals surface area contributed by atoms with E-state index in [4.69, 9.17) is 5.11 Å². The zero-order chi connectivity index (χ0) is 10.7. The molecule has 74 valence electrons. The second-order valence-electron chi connectivity index (χ2n) is 2.77. The van der Waals surface area contributed by atoms with Gasteiger partial charge in [-0.15, -0.1) is 0 Å². The Bertz CT molecular complexity index is 362. The predicted molar refractivity (Wildman–Crippen MR) is 63.6 cm³/mol. The first-order chi connectivity index (χ1) is 6.54. The summed E-state index contributed by atoms with van der Waals surface area (Å²) in [6.45, 7) is 5.20. The van der Waals surface area contributed by atoms with Gasteiger partial charge in [0.05, 0.1) is 0 Å². The van der Waals surface area contributed by atoms with Crippen LogP contribution in [0, 0.1) is 0 Å². The number of carbonyl (C=O) groups is 1. The van der Waals surface area contributed by atoms with Gasteiger partial charge in [-0.1, -0.05) is 12.7 Å². The molecule has 1 rings (SSSR count). The second kappa shape index (κ2) is 4.45. The summed E-state index contributed by atoms with van der Waals surface area (Å²) in [7, 11) is 0. The minimum Gasteiger partial charge on any atom is -0.511 e. The number of allylic oxidation sites excluding steroid dienone is 4. The van der Waals surface area contributed by atoms with Crippen molar-refractivity contribution < 1.29 is 9.90 Å². The molecule has 0 saturated heterocycles. The van der Waals surface area contributed by atoms with Crippen LogP contribution < -0.4 is 0 Å². The number of hydrogen-bond acceptors (Lipinski definition) is 2. The molecule has 3 nitrogen and oxygen atoms in total. The number of carbonyl (C=O) groups excluding carboxylic acids is 1. The molecule has 14 heavy (non-hydrogen) atoms. The van der Waals surface area contributed by atoms with E-state index in [9.17, 15) is 4.79 Å². The van der Waals surface area contributed by atoms with Gasteiger partial charge in [0.1, 0.15) is 9.34 Å². The number of halogens is 1. The Morgan fingerprint density at radius 3 is 2.71 bits per heavy atom. The lowest BCUT2D eigenvalue weighted by atomic mass is 10.3. The molecule has 0 bridgehead atoms. The van der Waals surface area contributed by atoms with Crippen molar-refractivity contribution in [2.45, 2.75) is 6.92 Å². The van der Waals surface area contributed by atoms with Crippen LogP contribution >= 0.6 is 22.6 Å². The van der Waals surface area contributed by atoms with Gasteiger partial charge in [-0.25, -0.2) is 0 Å². The Kier molecular flexibility index (Phi) is 3.51. The fourth-order valence-corrected chi connectivity index (χ4v) is 1.20. The molecule has 0 aromatic rings.